The van der Waals surface area contributed by atoms with E-state index in [1.807, 2.05) is 0 Å². The minimum absolute atomic E-state index is 0.0100. The molecule has 31 heavy (non-hydrogen) atoms. The molecular formula is C25H44O5S. The molecule has 180 valence electrons. The van der Waals surface area contributed by atoms with E-state index in [2.05, 4.69) is 6.92 Å². The second-order valence-corrected chi connectivity index (χ2v) is 9.67. The van der Waals surface area contributed by atoms with Gasteiger partial charge in [-0.2, -0.15) is 8.42 Å². The summed E-state index contributed by atoms with van der Waals surface area (Å²) in [6.45, 7) is 4.26. The summed E-state index contributed by atoms with van der Waals surface area (Å²) in [4.78, 5) is 0.163. The van der Waals surface area contributed by atoms with Gasteiger partial charge in [0.1, 0.15) is 0 Å². The van der Waals surface area contributed by atoms with Crippen LogP contribution in [0.25, 0.3) is 0 Å². The summed E-state index contributed by atoms with van der Waals surface area (Å²) < 4.78 is 39.7. The van der Waals surface area contributed by atoms with Gasteiger partial charge in [0.2, 0.25) is 0 Å². The van der Waals surface area contributed by atoms with Crippen LogP contribution in [0.3, 0.4) is 0 Å². The Balaban J connectivity index is 1.77. The van der Waals surface area contributed by atoms with Crippen molar-refractivity contribution in [2.75, 3.05) is 33.0 Å². The van der Waals surface area contributed by atoms with Gasteiger partial charge in [-0.15, -0.1) is 0 Å². The predicted molar refractivity (Wildman–Crippen MR) is 127 cm³/mol. The van der Waals surface area contributed by atoms with Crippen LogP contribution in [0.15, 0.2) is 35.2 Å². The molecule has 0 saturated carbocycles. The summed E-state index contributed by atoms with van der Waals surface area (Å²) in [5.41, 5.74) is 0. The molecule has 6 heteroatoms. The molecule has 0 amide bonds. The van der Waals surface area contributed by atoms with Gasteiger partial charge in [-0.25, -0.2) is 0 Å². The molecule has 0 unspecified atom stereocenters. The van der Waals surface area contributed by atoms with Crippen LogP contribution in [0.2, 0.25) is 0 Å². The maximum atomic E-state index is 11.9. The Hall–Kier alpha value is -0.950. The van der Waals surface area contributed by atoms with Gasteiger partial charge in [0.25, 0.3) is 10.1 Å². The molecule has 0 aliphatic carbocycles. The van der Waals surface area contributed by atoms with Gasteiger partial charge in [0, 0.05) is 6.61 Å². The van der Waals surface area contributed by atoms with Crippen LogP contribution >= 0.6 is 0 Å². The Bertz CT molecular complexity index is 604. The average Bonchev–Trinajstić information content (AvgIpc) is 2.78. The third kappa shape index (κ3) is 16.4. The Morgan fingerprint density at radius 3 is 1.58 bits per heavy atom. The molecule has 1 aromatic rings. The van der Waals surface area contributed by atoms with Crippen molar-refractivity contribution in [3.8, 4) is 0 Å². The van der Waals surface area contributed by atoms with Gasteiger partial charge in [0.05, 0.1) is 31.3 Å². The fourth-order valence-electron chi connectivity index (χ4n) is 3.40. The summed E-state index contributed by atoms with van der Waals surface area (Å²) in [7, 11) is -3.70. The number of ether oxygens (including phenoxy) is 2. The van der Waals surface area contributed by atoms with Crippen molar-refractivity contribution in [3.05, 3.63) is 30.3 Å². The highest BCUT2D eigenvalue weighted by atomic mass is 32.2. The number of hydrogen-bond donors (Lipinski definition) is 0. The Labute approximate surface area is 191 Å². The van der Waals surface area contributed by atoms with E-state index < -0.39 is 10.1 Å². The standard InChI is InChI=1S/C25H44O5S/c1-2-3-4-5-6-7-8-9-10-11-12-13-17-20-28-21-22-29-23-24-30-31(26,27)25-18-15-14-16-19-25/h14-16,18-19H,2-13,17,20-24H2,1H3. The van der Waals surface area contributed by atoms with E-state index in [4.69, 9.17) is 13.7 Å². The van der Waals surface area contributed by atoms with E-state index in [0.717, 1.165) is 13.0 Å². The first-order chi connectivity index (χ1) is 15.2. The quantitative estimate of drug-likeness (QED) is 0.147. The Morgan fingerprint density at radius 2 is 1.03 bits per heavy atom. The highest BCUT2D eigenvalue weighted by Crippen LogP contribution is 2.13. The molecular weight excluding hydrogens is 412 g/mol. The van der Waals surface area contributed by atoms with E-state index in [-0.39, 0.29) is 18.1 Å². The van der Waals surface area contributed by atoms with Crippen molar-refractivity contribution in [2.24, 2.45) is 0 Å². The zero-order valence-corrected chi connectivity index (χ0v) is 20.4. The van der Waals surface area contributed by atoms with E-state index in [1.54, 1.807) is 18.2 Å². The van der Waals surface area contributed by atoms with Crippen molar-refractivity contribution < 1.29 is 22.1 Å². The van der Waals surface area contributed by atoms with E-state index >= 15 is 0 Å². The normalized spacial score (nSPS) is 11.8. The summed E-state index contributed by atoms with van der Waals surface area (Å²) in [6, 6.07) is 8.13. The first-order valence-electron chi connectivity index (χ1n) is 12.3. The zero-order valence-electron chi connectivity index (χ0n) is 19.6. The molecule has 0 aliphatic heterocycles. The van der Waals surface area contributed by atoms with Crippen molar-refractivity contribution in [1.29, 1.82) is 0 Å². The molecule has 0 radical (unpaired) electrons. The molecule has 0 N–H and O–H groups in total. The molecule has 1 aromatic carbocycles. The monoisotopic (exact) mass is 456 g/mol. The second-order valence-electron chi connectivity index (χ2n) is 8.06. The van der Waals surface area contributed by atoms with E-state index in [1.165, 1.54) is 89.2 Å². The van der Waals surface area contributed by atoms with Gasteiger partial charge < -0.3 is 9.47 Å². The lowest BCUT2D eigenvalue weighted by atomic mass is 10.0. The summed E-state index contributed by atoms with van der Waals surface area (Å²) in [5.74, 6) is 0. The molecule has 0 atom stereocenters. The lowest BCUT2D eigenvalue weighted by molar-refractivity contribution is 0.0359. The van der Waals surface area contributed by atoms with Crippen LogP contribution in [0.4, 0.5) is 0 Å². The zero-order chi connectivity index (χ0) is 22.5. The summed E-state index contributed by atoms with van der Waals surface area (Å²) >= 11 is 0. The fourth-order valence-corrected chi connectivity index (χ4v) is 4.32. The van der Waals surface area contributed by atoms with Gasteiger partial charge in [0.15, 0.2) is 0 Å². The average molecular weight is 457 g/mol. The SMILES string of the molecule is CCCCCCCCCCCCCCCOCCOCCOS(=O)(=O)c1ccccc1. The lowest BCUT2D eigenvalue weighted by Gasteiger charge is -2.07. The first kappa shape index (κ1) is 28.1. The third-order valence-corrected chi connectivity index (χ3v) is 6.59. The minimum atomic E-state index is -3.70. The van der Waals surface area contributed by atoms with Crippen LogP contribution < -0.4 is 0 Å². The molecule has 0 aromatic heterocycles. The third-order valence-electron chi connectivity index (χ3n) is 5.26. The smallest absolute Gasteiger partial charge is 0.297 e. The summed E-state index contributed by atoms with van der Waals surface area (Å²) in [5, 5.41) is 0. The maximum Gasteiger partial charge on any atom is 0.297 e. The van der Waals surface area contributed by atoms with E-state index in [0.29, 0.717) is 13.2 Å². The molecule has 1 rings (SSSR count). The van der Waals surface area contributed by atoms with Crippen molar-refractivity contribution >= 4 is 10.1 Å². The predicted octanol–water partition coefficient (Wildman–Crippen LogP) is 6.52. The topological polar surface area (TPSA) is 61.8 Å². The van der Waals surface area contributed by atoms with Crippen LogP contribution in [-0.2, 0) is 23.8 Å². The molecule has 0 bridgehead atoms. The number of rotatable bonds is 22. The Kier molecular flexibility index (Phi) is 17.9. The fraction of sp³-hybridized carbons (Fsp3) is 0.760. The number of benzene rings is 1. The van der Waals surface area contributed by atoms with Gasteiger partial charge in [-0.3, -0.25) is 4.18 Å². The van der Waals surface area contributed by atoms with Crippen LogP contribution in [0.1, 0.15) is 90.4 Å². The van der Waals surface area contributed by atoms with Crippen molar-refractivity contribution in [2.45, 2.75) is 95.3 Å². The van der Waals surface area contributed by atoms with Crippen LogP contribution in [0, 0.1) is 0 Å². The molecule has 0 spiro atoms. The minimum Gasteiger partial charge on any atom is -0.379 e. The number of unbranched alkanes of at least 4 members (excludes halogenated alkanes) is 12. The van der Waals surface area contributed by atoms with Crippen LogP contribution in [0.5, 0.6) is 0 Å². The highest BCUT2D eigenvalue weighted by Gasteiger charge is 2.13. The molecule has 0 aliphatic rings. The van der Waals surface area contributed by atoms with Crippen molar-refractivity contribution in [1.82, 2.24) is 0 Å². The summed E-state index contributed by atoms with van der Waals surface area (Å²) in [6.07, 6.45) is 17.5. The highest BCUT2D eigenvalue weighted by molar-refractivity contribution is 7.86. The Morgan fingerprint density at radius 1 is 0.581 bits per heavy atom. The largest absolute Gasteiger partial charge is 0.379 e. The molecule has 0 heterocycles. The molecule has 0 fully saturated rings. The first-order valence-corrected chi connectivity index (χ1v) is 13.7. The van der Waals surface area contributed by atoms with Crippen LogP contribution in [-0.4, -0.2) is 41.5 Å². The maximum absolute atomic E-state index is 11.9. The number of hydrogen-bond acceptors (Lipinski definition) is 5. The van der Waals surface area contributed by atoms with E-state index in [9.17, 15) is 8.42 Å². The second kappa shape index (κ2) is 19.7. The van der Waals surface area contributed by atoms with Gasteiger partial charge >= 0.3 is 0 Å². The van der Waals surface area contributed by atoms with Crippen molar-refractivity contribution in [3.63, 3.8) is 0 Å². The molecule has 0 saturated heterocycles. The van der Waals surface area contributed by atoms with Gasteiger partial charge in [-0.05, 0) is 18.6 Å². The molecule has 5 nitrogen and oxygen atoms in total. The lowest BCUT2D eigenvalue weighted by Crippen LogP contribution is -2.13. The van der Waals surface area contributed by atoms with Gasteiger partial charge in [-0.1, -0.05) is 102 Å².